The third kappa shape index (κ3) is 16.2. The normalized spacial score (nSPS) is 5.12. The Morgan fingerprint density at radius 1 is 1.62 bits per heavy atom. The number of carbonyl (C=O) groups is 2. The average molecular weight is 104 g/mol. The van der Waals surface area contributed by atoms with Gasteiger partial charge in [0.25, 0.3) is 0 Å². The maximum Gasteiger partial charge on any atom is 1.00 e. The third-order valence-corrected chi connectivity index (χ3v) is 0.214. The number of hydrogen-bond acceptors (Lipinski definition) is 3. The van der Waals surface area contributed by atoms with Crippen molar-refractivity contribution < 1.29 is 54.9 Å². The van der Waals surface area contributed by atoms with Crippen LogP contribution < -0.4 is 37.7 Å². The minimum absolute atomic E-state index is 0. The van der Waals surface area contributed by atoms with E-state index in [4.69, 9.17) is 0 Å². The molecule has 0 heterocycles. The summed E-state index contributed by atoms with van der Waals surface area (Å²) >= 11 is 0. The van der Waals surface area contributed by atoms with Gasteiger partial charge in [-0.05, 0) is 0 Å². The van der Waals surface area contributed by atoms with Crippen LogP contribution >= 0.6 is 0 Å². The van der Waals surface area contributed by atoms with Crippen molar-refractivity contribution in [3.63, 3.8) is 0 Å². The molecule has 0 fully saturated rings. The first-order valence-electron chi connectivity index (χ1n) is 1.38. The first kappa shape index (κ1) is 15.8. The Labute approximate surface area is 74.5 Å². The molecule has 3 nitrogen and oxygen atoms in total. The molecule has 0 unspecified atom stereocenters. The van der Waals surface area contributed by atoms with E-state index >= 15 is 0 Å². The quantitative estimate of drug-likeness (QED) is 0.144. The monoisotopic (exact) mass is 104 g/mol. The summed E-state index contributed by atoms with van der Waals surface area (Å²) in [4.78, 5) is 18.8. The first-order valence-corrected chi connectivity index (χ1v) is 1.38. The molecular formula is C3H6Li2O3. The summed E-state index contributed by atoms with van der Waals surface area (Å²) in [7, 11) is 0. The van der Waals surface area contributed by atoms with Crippen LogP contribution in [0.15, 0.2) is 0 Å². The summed E-state index contributed by atoms with van der Waals surface area (Å²) in [6.07, 6.45) is 0. The van der Waals surface area contributed by atoms with Gasteiger partial charge < -0.3 is 7.59 Å². The number of hydrogen-bond donors (Lipinski definition) is 0. The smallest absolute Gasteiger partial charge is 1.00 e. The van der Waals surface area contributed by atoms with Crippen molar-refractivity contribution in [1.29, 1.82) is 0 Å². The van der Waals surface area contributed by atoms with E-state index < -0.39 is 5.97 Å². The van der Waals surface area contributed by atoms with Crippen molar-refractivity contribution in [1.82, 2.24) is 0 Å². The van der Waals surface area contributed by atoms with E-state index in [0.29, 0.717) is 0 Å². The van der Waals surface area contributed by atoms with Gasteiger partial charge in [-0.15, -0.1) is 0 Å². The minimum atomic E-state index is -0.579. The molecule has 0 aromatic carbocycles. The van der Waals surface area contributed by atoms with Crippen LogP contribution in [0.25, 0.3) is 0 Å². The van der Waals surface area contributed by atoms with Gasteiger partial charge in [0, 0.05) is 6.92 Å². The van der Waals surface area contributed by atoms with E-state index in [-0.39, 0.29) is 47.0 Å². The second-order valence-corrected chi connectivity index (χ2v) is 0.706. The zero-order valence-electron chi connectivity index (χ0n) is 7.30. The summed E-state index contributed by atoms with van der Waals surface area (Å²) in [5.74, 6) is -0.579. The Kier molecular flexibility index (Phi) is 20.4. The molecule has 0 aliphatic rings. The molecule has 0 amide bonds. The summed E-state index contributed by atoms with van der Waals surface area (Å²) < 4.78 is 3.72. The molecule has 0 aliphatic heterocycles. The zero-order chi connectivity index (χ0) is 4.99. The largest absolute Gasteiger partial charge is 1.00 e. The van der Waals surface area contributed by atoms with Gasteiger partial charge in [0.1, 0.15) is 0 Å². The van der Waals surface area contributed by atoms with E-state index in [2.05, 4.69) is 4.74 Å². The second-order valence-electron chi connectivity index (χ2n) is 0.706. The van der Waals surface area contributed by atoms with Gasteiger partial charge in [-0.2, -0.15) is 0 Å². The Morgan fingerprint density at radius 2 is 2.00 bits per heavy atom. The zero-order valence-corrected chi connectivity index (χ0v) is 5.30. The Morgan fingerprint density at radius 3 is 2.00 bits per heavy atom. The third-order valence-electron chi connectivity index (χ3n) is 0.214. The molecule has 0 N–H and O–H groups in total. The fourth-order valence-electron chi connectivity index (χ4n) is 0.0678. The van der Waals surface area contributed by atoms with E-state index in [1.54, 1.807) is 0 Å². The van der Waals surface area contributed by atoms with Gasteiger partial charge in [-0.1, -0.05) is 0 Å². The molecule has 8 heavy (non-hydrogen) atoms. The van der Waals surface area contributed by atoms with E-state index in [0.717, 1.165) is 6.92 Å². The van der Waals surface area contributed by atoms with E-state index in [1.807, 2.05) is 0 Å². The standard InChI is InChI=1S/C3H4O3.2Li.2H/c1-3(5)6-2-4;;;;/h2H,1H3;;;;/q;2*+1;2*-1. The molecule has 0 rings (SSSR count). The van der Waals surface area contributed by atoms with Crippen LogP contribution in [0.2, 0.25) is 0 Å². The summed E-state index contributed by atoms with van der Waals surface area (Å²) in [5.41, 5.74) is 0. The summed E-state index contributed by atoms with van der Waals surface area (Å²) in [6.45, 7) is 1.26. The topological polar surface area (TPSA) is 43.4 Å². The van der Waals surface area contributed by atoms with Crippen LogP contribution in [-0.4, -0.2) is 12.4 Å². The first-order chi connectivity index (χ1) is 2.77. The van der Waals surface area contributed by atoms with E-state index in [1.165, 1.54) is 0 Å². The number of carbonyl (C=O) groups excluding carboxylic acids is 2. The molecule has 0 aromatic rings. The van der Waals surface area contributed by atoms with Crippen molar-refractivity contribution in [3.8, 4) is 0 Å². The molecule has 0 bridgehead atoms. The van der Waals surface area contributed by atoms with Gasteiger partial charge in [0.15, 0.2) is 0 Å². The minimum Gasteiger partial charge on any atom is -1.00 e. The van der Waals surface area contributed by atoms with Crippen molar-refractivity contribution in [2.75, 3.05) is 0 Å². The average Bonchev–Trinajstić information content (AvgIpc) is 1.35. The fraction of sp³-hybridized carbons (Fsp3) is 0.333. The molecule has 0 aliphatic carbocycles. The van der Waals surface area contributed by atoms with Crippen molar-refractivity contribution >= 4 is 12.4 Å². The SMILES string of the molecule is CC(=O)OC=O.[H-].[H-].[Li+].[Li+]. The second kappa shape index (κ2) is 10.3. The maximum absolute atomic E-state index is 9.59. The Bertz CT molecular complexity index is 80.1. The maximum atomic E-state index is 9.59. The van der Waals surface area contributed by atoms with Gasteiger partial charge in [0.05, 0.1) is 0 Å². The van der Waals surface area contributed by atoms with Crippen LogP contribution in [0.1, 0.15) is 9.78 Å². The van der Waals surface area contributed by atoms with E-state index in [9.17, 15) is 9.59 Å². The van der Waals surface area contributed by atoms with Crippen molar-refractivity contribution in [3.05, 3.63) is 0 Å². The molecule has 0 atom stereocenters. The number of esters is 1. The molecule has 38 valence electrons. The van der Waals surface area contributed by atoms with Gasteiger partial charge in [-0.3, -0.25) is 9.59 Å². The number of rotatable bonds is 1. The van der Waals surface area contributed by atoms with Crippen LogP contribution in [0.3, 0.4) is 0 Å². The summed E-state index contributed by atoms with van der Waals surface area (Å²) in [6, 6.07) is 0. The predicted octanol–water partition coefficient (Wildman–Crippen LogP) is -6.06. The Balaban J connectivity index is -0.0000000208. The van der Waals surface area contributed by atoms with Crippen molar-refractivity contribution in [2.45, 2.75) is 6.92 Å². The number of ether oxygens (including phenoxy) is 1. The molecule has 0 spiro atoms. The van der Waals surface area contributed by atoms with Crippen LogP contribution in [0, 0.1) is 0 Å². The molecule has 0 saturated heterocycles. The van der Waals surface area contributed by atoms with Gasteiger partial charge in [0.2, 0.25) is 0 Å². The van der Waals surface area contributed by atoms with Crippen molar-refractivity contribution in [2.24, 2.45) is 0 Å². The Hall–Kier alpha value is 0.335. The molecule has 0 saturated carbocycles. The molecule has 0 aromatic heterocycles. The van der Waals surface area contributed by atoms with Crippen LogP contribution in [-0.2, 0) is 14.3 Å². The molecule has 0 radical (unpaired) electrons. The van der Waals surface area contributed by atoms with Gasteiger partial charge >= 0.3 is 50.2 Å². The molecular weight excluding hydrogens is 97.9 g/mol. The predicted molar refractivity (Wildman–Crippen MR) is 20.1 cm³/mol. The van der Waals surface area contributed by atoms with Gasteiger partial charge in [-0.25, -0.2) is 0 Å². The molecule has 5 heteroatoms. The fourth-order valence-corrected chi connectivity index (χ4v) is 0.0678. The van der Waals surface area contributed by atoms with Crippen LogP contribution in [0.5, 0.6) is 0 Å². The summed E-state index contributed by atoms with van der Waals surface area (Å²) in [5, 5.41) is 0. The van der Waals surface area contributed by atoms with Crippen LogP contribution in [0.4, 0.5) is 0 Å².